The highest BCUT2D eigenvalue weighted by atomic mass is 32.2. The first-order valence-corrected chi connectivity index (χ1v) is 7.27. The number of rotatable bonds is 4. The summed E-state index contributed by atoms with van der Waals surface area (Å²) in [6, 6.07) is 5.63. The number of benzene rings is 1. The van der Waals surface area contributed by atoms with Gasteiger partial charge in [-0.05, 0) is 37.3 Å². The summed E-state index contributed by atoms with van der Waals surface area (Å²) in [6.45, 7) is 1.62. The lowest BCUT2D eigenvalue weighted by molar-refractivity contribution is 0.0691. The van der Waals surface area contributed by atoms with Gasteiger partial charge in [0.25, 0.3) is 10.0 Å². The van der Waals surface area contributed by atoms with Gasteiger partial charge in [0.1, 0.15) is 5.82 Å². The van der Waals surface area contributed by atoms with E-state index in [1.807, 2.05) is 0 Å². The van der Waals surface area contributed by atoms with Crippen molar-refractivity contribution >= 4 is 21.7 Å². The molecule has 0 spiro atoms. The van der Waals surface area contributed by atoms with Gasteiger partial charge in [-0.2, -0.15) is 0 Å². The number of hydrogen-bond acceptors (Lipinski definition) is 4. The maximum absolute atomic E-state index is 13.3. The van der Waals surface area contributed by atoms with Gasteiger partial charge in [0.15, 0.2) is 0 Å². The van der Waals surface area contributed by atoms with Gasteiger partial charge in [-0.1, -0.05) is 0 Å². The Labute approximate surface area is 120 Å². The molecule has 0 saturated heterocycles. The second-order valence-corrected chi connectivity index (χ2v) is 5.87. The molecule has 8 heteroatoms. The number of aromatic carboxylic acids is 1. The molecule has 0 atom stereocenters. The van der Waals surface area contributed by atoms with E-state index in [0.717, 1.165) is 18.2 Å². The summed E-state index contributed by atoms with van der Waals surface area (Å²) in [5.74, 6) is -2.54. The van der Waals surface area contributed by atoms with Gasteiger partial charge in [-0.25, -0.2) is 17.6 Å². The van der Waals surface area contributed by atoms with Crippen LogP contribution in [0.4, 0.5) is 10.1 Å². The Hall–Kier alpha value is -2.48. The molecule has 0 saturated carbocycles. The Balaban J connectivity index is 2.43. The van der Waals surface area contributed by atoms with Crippen LogP contribution < -0.4 is 4.72 Å². The lowest BCUT2D eigenvalue weighted by Gasteiger charge is -2.10. The summed E-state index contributed by atoms with van der Waals surface area (Å²) in [5.41, 5.74) is 0.0149. The minimum atomic E-state index is -4.03. The quantitative estimate of drug-likeness (QED) is 0.900. The van der Waals surface area contributed by atoms with Crippen LogP contribution in [0.3, 0.4) is 0 Å². The van der Waals surface area contributed by atoms with Crippen LogP contribution >= 0.6 is 0 Å². The van der Waals surface area contributed by atoms with Crippen molar-refractivity contribution in [3.8, 4) is 0 Å². The Kier molecular flexibility index (Phi) is 3.90. The van der Waals surface area contributed by atoms with E-state index in [9.17, 15) is 17.6 Å². The SMILES string of the molecule is Cc1ncccc1NS(=O)(=O)c1ccc(F)c(C(=O)O)c1. The average Bonchev–Trinajstić information content (AvgIpc) is 2.41. The van der Waals surface area contributed by atoms with Crippen LogP contribution in [-0.2, 0) is 10.0 Å². The molecule has 2 N–H and O–H groups in total. The van der Waals surface area contributed by atoms with Crippen LogP contribution in [0.2, 0.25) is 0 Å². The zero-order chi connectivity index (χ0) is 15.6. The normalized spacial score (nSPS) is 11.1. The fourth-order valence-electron chi connectivity index (χ4n) is 1.63. The van der Waals surface area contributed by atoms with E-state index in [1.165, 1.54) is 12.3 Å². The molecule has 21 heavy (non-hydrogen) atoms. The average molecular weight is 310 g/mol. The van der Waals surface area contributed by atoms with E-state index in [2.05, 4.69) is 9.71 Å². The summed E-state index contributed by atoms with van der Waals surface area (Å²) in [5, 5.41) is 8.82. The van der Waals surface area contributed by atoms with Crippen molar-refractivity contribution in [2.24, 2.45) is 0 Å². The second kappa shape index (κ2) is 5.49. The predicted molar refractivity (Wildman–Crippen MR) is 73.1 cm³/mol. The van der Waals surface area contributed by atoms with Gasteiger partial charge in [0.05, 0.1) is 21.8 Å². The number of pyridine rings is 1. The molecule has 1 aromatic heterocycles. The van der Waals surface area contributed by atoms with Crippen molar-refractivity contribution in [1.29, 1.82) is 0 Å². The molecule has 6 nitrogen and oxygen atoms in total. The van der Waals surface area contributed by atoms with Crippen molar-refractivity contribution in [2.75, 3.05) is 4.72 Å². The fraction of sp³-hybridized carbons (Fsp3) is 0.0769. The summed E-state index contributed by atoms with van der Waals surface area (Å²) in [6.07, 6.45) is 1.51. The van der Waals surface area contributed by atoms with E-state index in [1.54, 1.807) is 13.0 Å². The minimum absolute atomic E-state index is 0.263. The number of carbonyl (C=O) groups is 1. The largest absolute Gasteiger partial charge is 0.478 e. The smallest absolute Gasteiger partial charge is 0.338 e. The molecular weight excluding hydrogens is 299 g/mol. The molecule has 2 rings (SSSR count). The van der Waals surface area contributed by atoms with Crippen molar-refractivity contribution in [3.05, 3.63) is 53.6 Å². The molecule has 0 aliphatic carbocycles. The van der Waals surface area contributed by atoms with E-state index < -0.39 is 27.4 Å². The number of carboxylic acids is 1. The van der Waals surface area contributed by atoms with Gasteiger partial charge >= 0.3 is 5.97 Å². The van der Waals surface area contributed by atoms with Crippen LogP contribution in [-0.4, -0.2) is 24.5 Å². The third-order valence-corrected chi connectivity index (χ3v) is 4.09. The predicted octanol–water partition coefficient (Wildman–Crippen LogP) is 2.03. The van der Waals surface area contributed by atoms with E-state index in [0.29, 0.717) is 5.69 Å². The molecule has 2 aromatic rings. The number of nitrogens with zero attached hydrogens (tertiary/aromatic N) is 1. The highest BCUT2D eigenvalue weighted by Gasteiger charge is 2.19. The molecule has 0 amide bonds. The molecule has 0 bridgehead atoms. The number of nitrogens with one attached hydrogen (secondary N) is 1. The maximum atomic E-state index is 13.3. The van der Waals surface area contributed by atoms with Gasteiger partial charge in [0.2, 0.25) is 0 Å². The Morgan fingerprint density at radius 3 is 2.67 bits per heavy atom. The first-order valence-electron chi connectivity index (χ1n) is 5.78. The van der Waals surface area contributed by atoms with E-state index in [-0.39, 0.29) is 10.6 Å². The van der Waals surface area contributed by atoms with Crippen molar-refractivity contribution in [1.82, 2.24) is 4.98 Å². The highest BCUT2D eigenvalue weighted by molar-refractivity contribution is 7.92. The lowest BCUT2D eigenvalue weighted by Crippen LogP contribution is -2.15. The van der Waals surface area contributed by atoms with Crippen LogP contribution in [0.1, 0.15) is 16.1 Å². The third kappa shape index (κ3) is 3.16. The molecule has 0 fully saturated rings. The number of hydrogen-bond donors (Lipinski definition) is 2. The van der Waals surface area contributed by atoms with Crippen LogP contribution in [0, 0.1) is 12.7 Å². The monoisotopic (exact) mass is 310 g/mol. The zero-order valence-corrected chi connectivity index (χ0v) is 11.7. The number of anilines is 1. The van der Waals surface area contributed by atoms with Crippen LogP contribution in [0.15, 0.2) is 41.4 Å². The van der Waals surface area contributed by atoms with Crippen molar-refractivity contribution in [3.63, 3.8) is 0 Å². The summed E-state index contributed by atoms with van der Waals surface area (Å²) in [7, 11) is -4.03. The number of aryl methyl sites for hydroxylation is 1. The molecule has 1 heterocycles. The summed E-state index contributed by atoms with van der Waals surface area (Å²) in [4.78, 5) is 14.4. The van der Waals surface area contributed by atoms with E-state index in [4.69, 9.17) is 5.11 Å². The molecule has 0 aliphatic rings. The number of carboxylic acid groups (broad SMARTS) is 1. The van der Waals surface area contributed by atoms with Crippen molar-refractivity contribution in [2.45, 2.75) is 11.8 Å². The Morgan fingerprint density at radius 2 is 2.05 bits per heavy atom. The molecule has 0 aliphatic heterocycles. The minimum Gasteiger partial charge on any atom is -0.478 e. The number of aromatic nitrogens is 1. The lowest BCUT2D eigenvalue weighted by atomic mass is 10.2. The third-order valence-electron chi connectivity index (χ3n) is 2.73. The van der Waals surface area contributed by atoms with Gasteiger partial charge in [0, 0.05) is 6.20 Å². The first kappa shape index (κ1) is 14.9. The zero-order valence-electron chi connectivity index (χ0n) is 10.9. The topological polar surface area (TPSA) is 96.4 Å². The van der Waals surface area contributed by atoms with Gasteiger partial charge in [-0.3, -0.25) is 9.71 Å². The van der Waals surface area contributed by atoms with Gasteiger partial charge < -0.3 is 5.11 Å². The number of halogens is 1. The molecular formula is C13H11FN2O4S. The fourth-order valence-corrected chi connectivity index (χ4v) is 2.77. The molecule has 1 aromatic carbocycles. The summed E-state index contributed by atoms with van der Waals surface area (Å²) < 4.78 is 39.9. The molecule has 0 radical (unpaired) electrons. The van der Waals surface area contributed by atoms with Crippen LogP contribution in [0.5, 0.6) is 0 Å². The number of sulfonamides is 1. The summed E-state index contributed by atoms with van der Waals surface area (Å²) >= 11 is 0. The molecule has 0 unspecified atom stereocenters. The highest BCUT2D eigenvalue weighted by Crippen LogP contribution is 2.20. The standard InChI is InChI=1S/C13H11FN2O4S/c1-8-12(3-2-6-15-8)16-21(19,20)9-4-5-11(14)10(7-9)13(17)18/h2-7,16H,1H3,(H,17,18). The molecule has 110 valence electrons. The van der Waals surface area contributed by atoms with Crippen LogP contribution in [0.25, 0.3) is 0 Å². The van der Waals surface area contributed by atoms with E-state index >= 15 is 0 Å². The Bertz CT molecular complexity index is 806. The Morgan fingerprint density at radius 1 is 1.33 bits per heavy atom. The first-order chi connectivity index (χ1) is 9.81. The van der Waals surface area contributed by atoms with Gasteiger partial charge in [-0.15, -0.1) is 0 Å². The second-order valence-electron chi connectivity index (χ2n) is 4.19. The van der Waals surface area contributed by atoms with Crippen molar-refractivity contribution < 1.29 is 22.7 Å². The maximum Gasteiger partial charge on any atom is 0.338 e.